The first-order chi connectivity index (χ1) is 16.2. The molecule has 0 aliphatic rings. The Morgan fingerprint density at radius 2 is 1.59 bits per heavy atom. The summed E-state index contributed by atoms with van der Waals surface area (Å²) in [5, 5.41) is 2.82. The highest BCUT2D eigenvalue weighted by atomic mass is 32.2. The monoisotopic (exact) mass is 480 g/mol. The standard InChI is InChI=1S/C27H32N2O4S/c1-5-6-7-22-11-13-23(14-12-22)28-27(30)19-29(25-18-21(3)10-17-26(25)33-4)34(31,32)24-15-8-20(2)9-16-24/h8-18H,5-7,19H2,1-4H3,(H,28,30). The van der Waals surface area contributed by atoms with Gasteiger partial charge < -0.3 is 10.1 Å². The molecule has 0 spiro atoms. The molecule has 0 radical (unpaired) electrons. The Bertz CT molecular complexity index is 1220. The van der Waals surface area contributed by atoms with Crippen molar-refractivity contribution in [1.82, 2.24) is 0 Å². The number of nitrogens with one attached hydrogen (secondary N) is 1. The summed E-state index contributed by atoms with van der Waals surface area (Å²) in [6, 6.07) is 19.5. The van der Waals surface area contributed by atoms with Crippen molar-refractivity contribution in [3.63, 3.8) is 0 Å². The predicted octanol–water partition coefficient (Wildman–Crippen LogP) is 5.49. The Morgan fingerprint density at radius 3 is 2.21 bits per heavy atom. The third-order valence-electron chi connectivity index (χ3n) is 5.56. The van der Waals surface area contributed by atoms with Gasteiger partial charge in [0.25, 0.3) is 10.0 Å². The van der Waals surface area contributed by atoms with E-state index in [1.54, 1.807) is 36.4 Å². The first-order valence-corrected chi connectivity index (χ1v) is 12.8. The summed E-state index contributed by atoms with van der Waals surface area (Å²) in [5.74, 6) is -0.0742. The molecule has 0 saturated heterocycles. The van der Waals surface area contributed by atoms with Crippen molar-refractivity contribution < 1.29 is 17.9 Å². The topological polar surface area (TPSA) is 75.7 Å². The van der Waals surface area contributed by atoms with Gasteiger partial charge in [-0.15, -0.1) is 0 Å². The quantitative estimate of drug-likeness (QED) is 0.416. The highest BCUT2D eigenvalue weighted by Gasteiger charge is 2.29. The Kier molecular flexibility index (Phi) is 8.34. The van der Waals surface area contributed by atoms with E-state index in [4.69, 9.17) is 4.74 Å². The first-order valence-electron chi connectivity index (χ1n) is 11.4. The third kappa shape index (κ3) is 6.17. The number of benzene rings is 3. The fourth-order valence-corrected chi connectivity index (χ4v) is 5.02. The molecule has 1 N–H and O–H groups in total. The molecular formula is C27H32N2O4S. The van der Waals surface area contributed by atoms with E-state index in [1.165, 1.54) is 12.7 Å². The smallest absolute Gasteiger partial charge is 0.264 e. The molecule has 0 heterocycles. The van der Waals surface area contributed by atoms with E-state index >= 15 is 0 Å². The van der Waals surface area contributed by atoms with Gasteiger partial charge in [-0.2, -0.15) is 0 Å². The molecule has 7 heteroatoms. The van der Waals surface area contributed by atoms with Crippen molar-refractivity contribution >= 4 is 27.3 Å². The lowest BCUT2D eigenvalue weighted by molar-refractivity contribution is -0.114. The molecule has 0 fully saturated rings. The average molecular weight is 481 g/mol. The van der Waals surface area contributed by atoms with Gasteiger partial charge in [0.1, 0.15) is 12.3 Å². The van der Waals surface area contributed by atoms with E-state index in [2.05, 4.69) is 12.2 Å². The number of amides is 1. The van der Waals surface area contributed by atoms with Crippen LogP contribution in [0.3, 0.4) is 0 Å². The van der Waals surface area contributed by atoms with Gasteiger partial charge in [0, 0.05) is 5.69 Å². The van der Waals surface area contributed by atoms with E-state index in [-0.39, 0.29) is 4.90 Å². The maximum absolute atomic E-state index is 13.6. The minimum atomic E-state index is -4.03. The molecule has 6 nitrogen and oxygen atoms in total. The van der Waals surface area contributed by atoms with Crippen molar-refractivity contribution in [2.24, 2.45) is 0 Å². The van der Waals surface area contributed by atoms with Crippen LogP contribution in [0.15, 0.2) is 71.6 Å². The predicted molar refractivity (Wildman–Crippen MR) is 137 cm³/mol. The minimum absolute atomic E-state index is 0.106. The van der Waals surface area contributed by atoms with Crippen LogP contribution in [0.5, 0.6) is 5.75 Å². The maximum atomic E-state index is 13.6. The molecule has 3 aromatic carbocycles. The van der Waals surface area contributed by atoms with Gasteiger partial charge in [-0.05, 0) is 74.2 Å². The third-order valence-corrected chi connectivity index (χ3v) is 7.33. The van der Waals surface area contributed by atoms with Crippen LogP contribution in [-0.2, 0) is 21.2 Å². The van der Waals surface area contributed by atoms with Crippen LogP contribution in [-0.4, -0.2) is 28.0 Å². The summed E-state index contributed by atoms with van der Waals surface area (Å²) >= 11 is 0. The number of hydrogen-bond acceptors (Lipinski definition) is 4. The molecule has 1 amide bonds. The van der Waals surface area contributed by atoms with E-state index in [9.17, 15) is 13.2 Å². The number of carbonyl (C=O) groups excluding carboxylic acids is 1. The molecule has 0 aromatic heterocycles. The molecule has 0 aliphatic carbocycles. The molecule has 0 unspecified atom stereocenters. The van der Waals surface area contributed by atoms with Crippen LogP contribution < -0.4 is 14.4 Å². The van der Waals surface area contributed by atoms with E-state index < -0.39 is 22.5 Å². The molecule has 0 aliphatic heterocycles. The molecule has 0 bridgehead atoms. The molecule has 3 rings (SSSR count). The molecular weight excluding hydrogens is 448 g/mol. The van der Waals surface area contributed by atoms with Crippen LogP contribution in [0.4, 0.5) is 11.4 Å². The number of nitrogens with zero attached hydrogens (tertiary/aromatic N) is 1. The summed E-state index contributed by atoms with van der Waals surface area (Å²) in [4.78, 5) is 13.1. The summed E-state index contributed by atoms with van der Waals surface area (Å²) < 4.78 is 33.8. The number of unbranched alkanes of at least 4 members (excludes halogenated alkanes) is 1. The first kappa shape index (κ1) is 25.3. The number of anilines is 2. The summed E-state index contributed by atoms with van der Waals surface area (Å²) in [6.45, 7) is 5.50. The number of rotatable bonds is 10. The second kappa shape index (κ2) is 11.2. The highest BCUT2D eigenvalue weighted by Crippen LogP contribution is 2.33. The van der Waals surface area contributed by atoms with Crippen LogP contribution in [0.2, 0.25) is 0 Å². The Labute approximate surface area is 202 Å². The van der Waals surface area contributed by atoms with Gasteiger partial charge in [-0.1, -0.05) is 49.2 Å². The molecule has 34 heavy (non-hydrogen) atoms. The highest BCUT2D eigenvalue weighted by molar-refractivity contribution is 7.92. The Hall–Kier alpha value is -3.32. The molecule has 0 atom stereocenters. The zero-order valence-corrected chi connectivity index (χ0v) is 21.0. The average Bonchev–Trinajstić information content (AvgIpc) is 2.82. The van der Waals surface area contributed by atoms with Crippen LogP contribution in [0, 0.1) is 13.8 Å². The van der Waals surface area contributed by atoms with Crippen LogP contribution >= 0.6 is 0 Å². The van der Waals surface area contributed by atoms with Crippen molar-refractivity contribution in [2.45, 2.75) is 44.9 Å². The van der Waals surface area contributed by atoms with Gasteiger partial charge in [-0.25, -0.2) is 8.42 Å². The van der Waals surface area contributed by atoms with Crippen LogP contribution in [0.25, 0.3) is 0 Å². The van der Waals surface area contributed by atoms with Crippen molar-refractivity contribution in [1.29, 1.82) is 0 Å². The van der Waals surface area contributed by atoms with Crippen LogP contribution in [0.1, 0.15) is 36.5 Å². The lowest BCUT2D eigenvalue weighted by Crippen LogP contribution is -2.38. The molecule has 0 saturated carbocycles. The maximum Gasteiger partial charge on any atom is 0.264 e. The normalized spacial score (nSPS) is 11.2. The summed E-state index contributed by atoms with van der Waals surface area (Å²) in [7, 11) is -2.55. The lowest BCUT2D eigenvalue weighted by Gasteiger charge is -2.26. The fourth-order valence-electron chi connectivity index (χ4n) is 3.60. The molecule has 3 aromatic rings. The van der Waals surface area contributed by atoms with Gasteiger partial charge in [-0.3, -0.25) is 9.10 Å². The largest absolute Gasteiger partial charge is 0.495 e. The van der Waals surface area contributed by atoms with E-state index in [0.29, 0.717) is 17.1 Å². The zero-order valence-electron chi connectivity index (χ0n) is 20.2. The number of hydrogen-bond donors (Lipinski definition) is 1. The number of carbonyl (C=O) groups is 1. The zero-order chi connectivity index (χ0) is 24.7. The molecule has 180 valence electrons. The number of sulfonamides is 1. The van der Waals surface area contributed by atoms with Gasteiger partial charge in [0.05, 0.1) is 17.7 Å². The van der Waals surface area contributed by atoms with Crippen molar-refractivity contribution in [3.8, 4) is 5.75 Å². The van der Waals surface area contributed by atoms with E-state index in [0.717, 1.165) is 34.7 Å². The van der Waals surface area contributed by atoms with E-state index in [1.807, 2.05) is 44.2 Å². The van der Waals surface area contributed by atoms with Gasteiger partial charge >= 0.3 is 0 Å². The second-order valence-corrected chi connectivity index (χ2v) is 10.2. The number of aryl methyl sites for hydroxylation is 3. The SMILES string of the molecule is CCCCc1ccc(NC(=O)CN(c2cc(C)ccc2OC)S(=O)(=O)c2ccc(C)cc2)cc1. The minimum Gasteiger partial charge on any atom is -0.495 e. The number of ether oxygens (including phenoxy) is 1. The Balaban J connectivity index is 1.92. The van der Waals surface area contributed by atoms with Gasteiger partial charge in [0.15, 0.2) is 0 Å². The van der Waals surface area contributed by atoms with Crippen molar-refractivity contribution in [3.05, 3.63) is 83.4 Å². The fraction of sp³-hybridized carbons (Fsp3) is 0.296. The number of methoxy groups -OCH3 is 1. The Morgan fingerprint density at radius 1 is 0.941 bits per heavy atom. The summed E-state index contributed by atoms with van der Waals surface area (Å²) in [5.41, 5.74) is 3.93. The second-order valence-electron chi connectivity index (χ2n) is 8.35. The van der Waals surface area contributed by atoms with Gasteiger partial charge in [0.2, 0.25) is 5.91 Å². The summed E-state index contributed by atoms with van der Waals surface area (Å²) in [6.07, 6.45) is 3.21. The lowest BCUT2D eigenvalue weighted by atomic mass is 10.1. The van der Waals surface area contributed by atoms with Crippen molar-refractivity contribution in [2.75, 3.05) is 23.3 Å².